The Labute approximate surface area is 114 Å². The van der Waals surface area contributed by atoms with Gasteiger partial charge in [0.25, 0.3) is 0 Å². The van der Waals surface area contributed by atoms with E-state index in [9.17, 15) is 0 Å². The summed E-state index contributed by atoms with van der Waals surface area (Å²) < 4.78 is 0. The molecule has 0 aliphatic heterocycles. The highest BCUT2D eigenvalue weighted by Crippen LogP contribution is 2.28. The second kappa shape index (κ2) is 6.50. The Hall–Kier alpha value is -0.410. The first kappa shape index (κ1) is 14.7. The van der Waals surface area contributed by atoms with Crippen LogP contribution in [0.25, 0.3) is 0 Å². The molecule has 0 aromatic carbocycles. The largest absolute Gasteiger partial charge is 0.302 e. The van der Waals surface area contributed by atoms with Crippen LogP contribution in [0.5, 0.6) is 0 Å². The van der Waals surface area contributed by atoms with Crippen molar-refractivity contribution in [3.05, 3.63) is 30.1 Å². The number of alkyl halides is 1. The average molecular weight is 299 g/mol. The van der Waals surface area contributed by atoms with Crippen LogP contribution in [-0.4, -0.2) is 28.8 Å². The molecule has 17 heavy (non-hydrogen) atoms. The highest BCUT2D eigenvalue weighted by molar-refractivity contribution is 9.09. The lowest BCUT2D eigenvalue weighted by atomic mass is 9.82. The van der Waals surface area contributed by atoms with E-state index in [1.54, 1.807) is 0 Å². The van der Waals surface area contributed by atoms with Crippen LogP contribution in [0.4, 0.5) is 0 Å². The summed E-state index contributed by atoms with van der Waals surface area (Å²) in [5.41, 5.74) is 1.67. The lowest BCUT2D eigenvalue weighted by Crippen LogP contribution is -2.34. The average Bonchev–Trinajstić information content (AvgIpc) is 2.25. The first-order valence-corrected chi connectivity index (χ1v) is 7.19. The molecule has 0 saturated heterocycles. The maximum Gasteiger partial charge on any atom is 0.0271 e. The Morgan fingerprint density at radius 3 is 2.35 bits per heavy atom. The van der Waals surface area contributed by atoms with Gasteiger partial charge in [0.2, 0.25) is 0 Å². The van der Waals surface area contributed by atoms with E-state index >= 15 is 0 Å². The van der Waals surface area contributed by atoms with Crippen molar-refractivity contribution in [3.8, 4) is 0 Å². The molecular formula is C14H23BrN2. The number of hydrogen-bond acceptors (Lipinski definition) is 2. The standard InChI is InChI=1S/C14H23BrN2/c1-14(2,3)13(9-15)11-17(4)10-12-5-7-16-8-6-12/h5-8,13H,9-11H2,1-4H3. The van der Waals surface area contributed by atoms with E-state index in [2.05, 4.69) is 65.8 Å². The normalized spacial score (nSPS) is 14.0. The molecule has 1 aromatic heterocycles. The summed E-state index contributed by atoms with van der Waals surface area (Å²) in [6, 6.07) is 4.16. The fourth-order valence-corrected chi connectivity index (χ4v) is 2.97. The van der Waals surface area contributed by atoms with Gasteiger partial charge in [-0.25, -0.2) is 0 Å². The second-order valence-electron chi connectivity index (χ2n) is 5.77. The van der Waals surface area contributed by atoms with Crippen molar-refractivity contribution in [1.82, 2.24) is 9.88 Å². The maximum atomic E-state index is 4.04. The number of hydrogen-bond donors (Lipinski definition) is 0. The van der Waals surface area contributed by atoms with Gasteiger partial charge in [0.15, 0.2) is 0 Å². The third-order valence-corrected chi connectivity index (χ3v) is 3.93. The molecule has 3 heteroatoms. The van der Waals surface area contributed by atoms with Gasteiger partial charge in [-0.1, -0.05) is 36.7 Å². The molecule has 0 fully saturated rings. The van der Waals surface area contributed by atoms with Gasteiger partial charge >= 0.3 is 0 Å². The summed E-state index contributed by atoms with van der Waals surface area (Å²) in [5, 5.41) is 1.05. The molecule has 2 nitrogen and oxygen atoms in total. The summed E-state index contributed by atoms with van der Waals surface area (Å²) in [4.78, 5) is 6.42. The molecule has 0 spiro atoms. The molecule has 96 valence electrons. The van der Waals surface area contributed by atoms with E-state index in [-0.39, 0.29) is 0 Å². The van der Waals surface area contributed by atoms with Gasteiger partial charge in [-0.3, -0.25) is 4.98 Å². The lowest BCUT2D eigenvalue weighted by molar-refractivity contribution is 0.183. The summed E-state index contributed by atoms with van der Waals surface area (Å²) in [7, 11) is 2.18. The second-order valence-corrected chi connectivity index (χ2v) is 6.42. The topological polar surface area (TPSA) is 16.1 Å². The highest BCUT2D eigenvalue weighted by Gasteiger charge is 2.24. The first-order valence-electron chi connectivity index (χ1n) is 6.07. The molecule has 0 aliphatic carbocycles. The Bertz CT molecular complexity index is 319. The third-order valence-electron chi connectivity index (χ3n) is 3.14. The van der Waals surface area contributed by atoms with Crippen molar-refractivity contribution in [2.24, 2.45) is 11.3 Å². The number of nitrogens with zero attached hydrogens (tertiary/aromatic N) is 2. The summed E-state index contributed by atoms with van der Waals surface area (Å²) in [6.45, 7) is 9.01. The lowest BCUT2D eigenvalue weighted by Gasteiger charge is -2.32. The first-order chi connectivity index (χ1) is 7.93. The van der Waals surface area contributed by atoms with Crippen LogP contribution in [0.1, 0.15) is 26.3 Å². The Balaban J connectivity index is 2.51. The number of rotatable bonds is 5. The van der Waals surface area contributed by atoms with Crippen LogP contribution in [0.3, 0.4) is 0 Å². The molecule has 1 rings (SSSR count). The van der Waals surface area contributed by atoms with Gasteiger partial charge in [-0.05, 0) is 36.1 Å². The third kappa shape index (κ3) is 5.17. The molecule has 1 unspecified atom stereocenters. The van der Waals surface area contributed by atoms with Gasteiger partial charge < -0.3 is 4.90 Å². The maximum absolute atomic E-state index is 4.04. The number of pyridine rings is 1. The van der Waals surface area contributed by atoms with Crippen molar-refractivity contribution in [3.63, 3.8) is 0 Å². The molecule has 0 aliphatic rings. The van der Waals surface area contributed by atoms with Gasteiger partial charge in [0.1, 0.15) is 0 Å². The molecule has 0 amide bonds. The Kier molecular flexibility index (Phi) is 5.60. The zero-order valence-corrected chi connectivity index (χ0v) is 12.9. The van der Waals surface area contributed by atoms with Crippen molar-refractivity contribution in [2.75, 3.05) is 18.9 Å². The zero-order chi connectivity index (χ0) is 12.9. The fourth-order valence-electron chi connectivity index (χ4n) is 1.79. The van der Waals surface area contributed by atoms with Gasteiger partial charge in [0, 0.05) is 30.8 Å². The molecule has 1 atom stereocenters. The van der Waals surface area contributed by atoms with E-state index in [0.717, 1.165) is 18.4 Å². The zero-order valence-electron chi connectivity index (χ0n) is 11.3. The summed E-state index contributed by atoms with van der Waals surface area (Å²) in [5.74, 6) is 0.661. The van der Waals surface area contributed by atoms with Gasteiger partial charge in [-0.2, -0.15) is 0 Å². The van der Waals surface area contributed by atoms with Crippen LogP contribution in [0.15, 0.2) is 24.5 Å². The number of halogens is 1. The smallest absolute Gasteiger partial charge is 0.0271 e. The Morgan fingerprint density at radius 2 is 1.88 bits per heavy atom. The summed E-state index contributed by atoms with van der Waals surface area (Å²) in [6.07, 6.45) is 3.71. The van der Waals surface area contributed by atoms with Gasteiger partial charge in [0.05, 0.1) is 0 Å². The van der Waals surface area contributed by atoms with Crippen molar-refractivity contribution in [2.45, 2.75) is 27.3 Å². The predicted octanol–water partition coefficient (Wildman–Crippen LogP) is 3.57. The van der Waals surface area contributed by atoms with Crippen LogP contribution >= 0.6 is 15.9 Å². The predicted molar refractivity (Wildman–Crippen MR) is 77.3 cm³/mol. The quantitative estimate of drug-likeness (QED) is 0.773. The van der Waals surface area contributed by atoms with Crippen molar-refractivity contribution < 1.29 is 0 Å². The highest BCUT2D eigenvalue weighted by atomic mass is 79.9. The molecular weight excluding hydrogens is 276 g/mol. The van der Waals surface area contributed by atoms with Crippen LogP contribution in [-0.2, 0) is 6.54 Å². The minimum Gasteiger partial charge on any atom is -0.302 e. The van der Waals surface area contributed by atoms with Crippen molar-refractivity contribution >= 4 is 15.9 Å². The van der Waals surface area contributed by atoms with E-state index < -0.39 is 0 Å². The van der Waals surface area contributed by atoms with E-state index in [1.807, 2.05) is 12.4 Å². The minimum absolute atomic E-state index is 0.343. The van der Waals surface area contributed by atoms with E-state index in [0.29, 0.717) is 11.3 Å². The fraction of sp³-hybridized carbons (Fsp3) is 0.643. The van der Waals surface area contributed by atoms with Gasteiger partial charge in [-0.15, -0.1) is 0 Å². The van der Waals surface area contributed by atoms with E-state index in [4.69, 9.17) is 0 Å². The molecule has 1 aromatic rings. The van der Waals surface area contributed by atoms with Crippen LogP contribution in [0.2, 0.25) is 0 Å². The Morgan fingerprint density at radius 1 is 1.29 bits per heavy atom. The van der Waals surface area contributed by atoms with Crippen molar-refractivity contribution in [1.29, 1.82) is 0 Å². The molecule has 1 heterocycles. The van der Waals surface area contributed by atoms with Crippen LogP contribution in [0, 0.1) is 11.3 Å². The molecule has 0 radical (unpaired) electrons. The molecule has 0 N–H and O–H groups in total. The number of aromatic nitrogens is 1. The summed E-state index contributed by atoms with van der Waals surface area (Å²) >= 11 is 3.63. The minimum atomic E-state index is 0.343. The molecule has 0 bridgehead atoms. The monoisotopic (exact) mass is 298 g/mol. The van der Waals surface area contributed by atoms with Crippen LogP contribution < -0.4 is 0 Å². The van der Waals surface area contributed by atoms with E-state index in [1.165, 1.54) is 5.56 Å². The molecule has 0 saturated carbocycles. The SMILES string of the molecule is CN(Cc1ccncc1)CC(CBr)C(C)(C)C.